The molecule has 1 saturated heterocycles. The van der Waals surface area contributed by atoms with Gasteiger partial charge in [0.25, 0.3) is 0 Å². The van der Waals surface area contributed by atoms with Gasteiger partial charge in [-0.2, -0.15) is 0 Å². The zero-order valence-corrected chi connectivity index (χ0v) is 13.4. The summed E-state index contributed by atoms with van der Waals surface area (Å²) in [6.07, 6.45) is 4.76. The van der Waals surface area contributed by atoms with Crippen molar-refractivity contribution in [2.45, 2.75) is 51.1 Å². The van der Waals surface area contributed by atoms with Gasteiger partial charge in [-0.1, -0.05) is 18.2 Å². The highest BCUT2D eigenvalue weighted by atomic mass is 16.5. The van der Waals surface area contributed by atoms with Gasteiger partial charge in [0.15, 0.2) is 0 Å². The maximum Gasteiger partial charge on any atom is 0.0594 e. The molecule has 1 aromatic carbocycles. The van der Waals surface area contributed by atoms with Crippen LogP contribution in [0, 0.1) is 0 Å². The monoisotopic (exact) mass is 288 g/mol. The third kappa shape index (κ3) is 3.15. The number of nitrogens with zero attached hydrogens (tertiary/aromatic N) is 1. The zero-order chi connectivity index (χ0) is 14.9. The normalized spacial score (nSPS) is 21.3. The molecule has 0 amide bonds. The Hall–Kier alpha value is -0.900. The Morgan fingerprint density at radius 2 is 1.90 bits per heavy atom. The summed E-state index contributed by atoms with van der Waals surface area (Å²) in [5, 5.41) is 0. The largest absolute Gasteiger partial charge is 0.379 e. The van der Waals surface area contributed by atoms with Crippen LogP contribution in [-0.4, -0.2) is 42.8 Å². The Balaban J connectivity index is 1.68. The fraction of sp³-hybridized carbons (Fsp3) is 0.667. The second kappa shape index (κ2) is 6.07. The van der Waals surface area contributed by atoms with Crippen molar-refractivity contribution < 1.29 is 4.74 Å². The lowest BCUT2D eigenvalue weighted by Gasteiger charge is -2.44. The molecule has 0 saturated carbocycles. The number of ether oxygens (including phenoxy) is 1. The van der Waals surface area contributed by atoms with Crippen molar-refractivity contribution in [2.24, 2.45) is 5.73 Å². The van der Waals surface area contributed by atoms with Crippen LogP contribution in [0.1, 0.15) is 37.0 Å². The summed E-state index contributed by atoms with van der Waals surface area (Å²) < 4.78 is 5.46. The fourth-order valence-electron chi connectivity index (χ4n) is 3.63. The van der Waals surface area contributed by atoms with Crippen molar-refractivity contribution >= 4 is 0 Å². The molecule has 0 radical (unpaired) electrons. The molecule has 1 unspecified atom stereocenters. The van der Waals surface area contributed by atoms with E-state index in [1.807, 2.05) is 0 Å². The number of benzene rings is 1. The minimum absolute atomic E-state index is 0.0167. The first-order valence-corrected chi connectivity index (χ1v) is 8.26. The molecule has 0 spiro atoms. The molecule has 0 bridgehead atoms. The molecule has 3 nitrogen and oxygen atoms in total. The average Bonchev–Trinajstić information content (AvgIpc) is 2.95. The van der Waals surface area contributed by atoms with Crippen LogP contribution in [-0.2, 0) is 24.0 Å². The van der Waals surface area contributed by atoms with Gasteiger partial charge < -0.3 is 10.5 Å². The molecular weight excluding hydrogens is 260 g/mol. The van der Waals surface area contributed by atoms with E-state index in [1.165, 1.54) is 24.8 Å². The lowest BCUT2D eigenvalue weighted by Crippen LogP contribution is -2.59. The van der Waals surface area contributed by atoms with Crippen LogP contribution < -0.4 is 5.73 Å². The van der Waals surface area contributed by atoms with Crippen molar-refractivity contribution in [1.82, 2.24) is 4.90 Å². The SMILES string of the molecule is CC(C)(C(N)Cc1ccc2c(c1)CCC2)N1CCOCC1. The third-order valence-corrected chi connectivity index (χ3v) is 5.35. The maximum absolute atomic E-state index is 6.58. The summed E-state index contributed by atoms with van der Waals surface area (Å²) >= 11 is 0. The van der Waals surface area contributed by atoms with Crippen LogP contribution >= 0.6 is 0 Å². The molecule has 116 valence electrons. The summed E-state index contributed by atoms with van der Waals surface area (Å²) in [6, 6.07) is 7.12. The lowest BCUT2D eigenvalue weighted by atomic mass is 9.87. The lowest BCUT2D eigenvalue weighted by molar-refractivity contribution is -0.0186. The molecule has 1 aliphatic heterocycles. The standard InChI is InChI=1S/C18H28N2O/c1-18(2,20-8-10-21-11-9-20)17(19)13-14-6-7-15-4-3-5-16(15)12-14/h6-7,12,17H,3-5,8-11,13,19H2,1-2H3. The molecule has 2 aliphatic rings. The molecule has 1 aliphatic carbocycles. The highest BCUT2D eigenvalue weighted by molar-refractivity contribution is 5.35. The zero-order valence-electron chi connectivity index (χ0n) is 13.4. The van der Waals surface area contributed by atoms with Gasteiger partial charge in [-0.15, -0.1) is 0 Å². The molecule has 1 atom stereocenters. The number of morpholine rings is 1. The molecule has 1 heterocycles. The highest BCUT2D eigenvalue weighted by Gasteiger charge is 2.34. The second-order valence-corrected chi connectivity index (χ2v) is 7.02. The molecule has 21 heavy (non-hydrogen) atoms. The van der Waals surface area contributed by atoms with Crippen molar-refractivity contribution in [2.75, 3.05) is 26.3 Å². The molecule has 3 heteroatoms. The molecule has 0 aromatic heterocycles. The Bertz CT molecular complexity index is 492. The minimum atomic E-state index is 0.0167. The van der Waals surface area contributed by atoms with E-state index in [2.05, 4.69) is 36.9 Å². The smallest absolute Gasteiger partial charge is 0.0594 e. The summed E-state index contributed by atoms with van der Waals surface area (Å²) in [4.78, 5) is 2.48. The number of hydrogen-bond donors (Lipinski definition) is 1. The Kier molecular flexibility index (Phi) is 4.34. The minimum Gasteiger partial charge on any atom is -0.379 e. The van der Waals surface area contributed by atoms with E-state index in [4.69, 9.17) is 10.5 Å². The Morgan fingerprint density at radius 1 is 1.19 bits per heavy atom. The van der Waals surface area contributed by atoms with Gasteiger partial charge in [0.1, 0.15) is 0 Å². The molecule has 1 fully saturated rings. The van der Waals surface area contributed by atoms with E-state index < -0.39 is 0 Å². The summed E-state index contributed by atoms with van der Waals surface area (Å²) in [5.74, 6) is 0. The quantitative estimate of drug-likeness (QED) is 0.922. The molecule has 2 N–H and O–H groups in total. The van der Waals surface area contributed by atoms with Crippen LogP contribution in [0.3, 0.4) is 0 Å². The van der Waals surface area contributed by atoms with Gasteiger partial charge >= 0.3 is 0 Å². The van der Waals surface area contributed by atoms with Gasteiger partial charge in [-0.25, -0.2) is 0 Å². The van der Waals surface area contributed by atoms with Crippen LogP contribution in [0.2, 0.25) is 0 Å². The van der Waals surface area contributed by atoms with E-state index >= 15 is 0 Å². The fourth-order valence-corrected chi connectivity index (χ4v) is 3.63. The third-order valence-electron chi connectivity index (χ3n) is 5.35. The maximum atomic E-state index is 6.58. The Morgan fingerprint density at radius 3 is 2.67 bits per heavy atom. The average molecular weight is 288 g/mol. The van der Waals surface area contributed by atoms with Crippen LogP contribution in [0.25, 0.3) is 0 Å². The van der Waals surface area contributed by atoms with Gasteiger partial charge in [0.2, 0.25) is 0 Å². The summed E-state index contributed by atoms with van der Waals surface area (Å²) in [6.45, 7) is 8.19. The number of aryl methyl sites for hydroxylation is 2. The van der Waals surface area contributed by atoms with Gasteiger partial charge in [-0.05, 0) is 56.2 Å². The van der Waals surface area contributed by atoms with Crippen molar-refractivity contribution in [3.05, 3.63) is 34.9 Å². The van der Waals surface area contributed by atoms with Gasteiger partial charge in [-0.3, -0.25) is 4.90 Å². The van der Waals surface area contributed by atoms with E-state index in [0.29, 0.717) is 0 Å². The first-order chi connectivity index (χ1) is 10.1. The van der Waals surface area contributed by atoms with Gasteiger partial charge in [0, 0.05) is 24.7 Å². The van der Waals surface area contributed by atoms with E-state index in [9.17, 15) is 0 Å². The predicted molar refractivity (Wildman–Crippen MR) is 86.6 cm³/mol. The first kappa shape index (κ1) is 15.0. The molecule has 1 aromatic rings. The van der Waals surface area contributed by atoms with Gasteiger partial charge in [0.05, 0.1) is 13.2 Å². The van der Waals surface area contributed by atoms with Crippen molar-refractivity contribution in [3.8, 4) is 0 Å². The summed E-state index contributed by atoms with van der Waals surface area (Å²) in [7, 11) is 0. The second-order valence-electron chi connectivity index (χ2n) is 7.02. The number of nitrogens with two attached hydrogens (primary N) is 1. The first-order valence-electron chi connectivity index (χ1n) is 8.26. The highest BCUT2D eigenvalue weighted by Crippen LogP contribution is 2.26. The number of rotatable bonds is 4. The topological polar surface area (TPSA) is 38.5 Å². The van der Waals surface area contributed by atoms with E-state index in [1.54, 1.807) is 11.1 Å². The van der Waals surface area contributed by atoms with Crippen molar-refractivity contribution in [3.63, 3.8) is 0 Å². The number of fused-ring (bicyclic) bond motifs is 1. The van der Waals surface area contributed by atoms with Crippen molar-refractivity contribution in [1.29, 1.82) is 0 Å². The predicted octanol–water partition coefficient (Wildman–Crippen LogP) is 2.16. The molecular formula is C18H28N2O. The van der Waals surface area contributed by atoms with Crippen LogP contribution in [0.5, 0.6) is 0 Å². The van der Waals surface area contributed by atoms with E-state index in [0.717, 1.165) is 32.7 Å². The van der Waals surface area contributed by atoms with Crippen LogP contribution in [0.15, 0.2) is 18.2 Å². The summed E-state index contributed by atoms with van der Waals surface area (Å²) in [5.41, 5.74) is 11.1. The number of hydrogen-bond acceptors (Lipinski definition) is 3. The Labute approximate surface area is 128 Å². The molecule has 3 rings (SSSR count). The van der Waals surface area contributed by atoms with Crippen LogP contribution in [0.4, 0.5) is 0 Å². The van der Waals surface area contributed by atoms with E-state index in [-0.39, 0.29) is 11.6 Å².